The second kappa shape index (κ2) is 8.16. The van der Waals surface area contributed by atoms with Crippen LogP contribution in [0.1, 0.15) is 17.2 Å². The Balaban J connectivity index is 2.49. The Hall–Kier alpha value is -2.64. The standard InChI is InChI=1S/C19H21NO5S/c1-13-9-11-15(12-10-13)26(22,23)20-18(14(2)19(21)25-4)16-7-5-6-8-17(16)24-3/h5-12,18,20H,2H2,1,3-4H3. The van der Waals surface area contributed by atoms with Crippen LogP contribution in [0.5, 0.6) is 5.75 Å². The molecule has 2 aromatic carbocycles. The normalized spacial score (nSPS) is 12.3. The van der Waals surface area contributed by atoms with Gasteiger partial charge in [0.1, 0.15) is 5.75 Å². The van der Waals surface area contributed by atoms with E-state index >= 15 is 0 Å². The first-order chi connectivity index (χ1) is 12.3. The van der Waals surface area contributed by atoms with E-state index in [1.54, 1.807) is 36.4 Å². The molecule has 2 rings (SSSR count). The number of hydrogen-bond acceptors (Lipinski definition) is 5. The lowest BCUT2D eigenvalue weighted by atomic mass is 10.00. The van der Waals surface area contributed by atoms with E-state index < -0.39 is 22.0 Å². The minimum absolute atomic E-state index is 0.0484. The number of hydrogen-bond donors (Lipinski definition) is 1. The second-order valence-corrected chi connectivity index (χ2v) is 7.34. The van der Waals surface area contributed by atoms with Crippen molar-refractivity contribution >= 4 is 16.0 Å². The van der Waals surface area contributed by atoms with Crippen LogP contribution in [0.2, 0.25) is 0 Å². The van der Waals surface area contributed by atoms with Gasteiger partial charge in [0.15, 0.2) is 0 Å². The van der Waals surface area contributed by atoms with Crippen LogP contribution in [-0.4, -0.2) is 28.6 Å². The summed E-state index contributed by atoms with van der Waals surface area (Å²) in [4.78, 5) is 12.1. The highest BCUT2D eigenvalue weighted by atomic mass is 32.2. The fourth-order valence-corrected chi connectivity index (χ4v) is 3.63. The van der Waals surface area contributed by atoms with Crippen LogP contribution in [0.15, 0.2) is 65.6 Å². The molecular weight excluding hydrogens is 354 g/mol. The lowest BCUT2D eigenvalue weighted by molar-refractivity contribution is -0.136. The van der Waals surface area contributed by atoms with Gasteiger partial charge in [-0.05, 0) is 25.1 Å². The number of esters is 1. The molecule has 2 aromatic rings. The predicted molar refractivity (Wildman–Crippen MR) is 98.4 cm³/mol. The maximum Gasteiger partial charge on any atom is 0.335 e. The molecule has 0 fully saturated rings. The highest BCUT2D eigenvalue weighted by molar-refractivity contribution is 7.89. The summed E-state index contributed by atoms with van der Waals surface area (Å²) < 4.78 is 38.1. The molecule has 0 radical (unpaired) electrons. The molecule has 0 bridgehead atoms. The smallest absolute Gasteiger partial charge is 0.335 e. The average molecular weight is 375 g/mol. The maximum absolute atomic E-state index is 12.8. The Bertz CT molecular complexity index is 904. The van der Waals surface area contributed by atoms with Gasteiger partial charge < -0.3 is 9.47 Å². The molecule has 0 aliphatic carbocycles. The van der Waals surface area contributed by atoms with Crippen LogP contribution in [0.25, 0.3) is 0 Å². The Morgan fingerprint density at radius 2 is 1.69 bits per heavy atom. The molecule has 0 heterocycles. The molecule has 0 aliphatic heterocycles. The van der Waals surface area contributed by atoms with Crippen LogP contribution < -0.4 is 9.46 Å². The van der Waals surface area contributed by atoms with E-state index in [0.717, 1.165) is 5.56 Å². The molecule has 6 nitrogen and oxygen atoms in total. The van der Waals surface area contributed by atoms with E-state index in [0.29, 0.717) is 11.3 Å². The first-order valence-electron chi connectivity index (χ1n) is 7.79. The fourth-order valence-electron chi connectivity index (χ4n) is 2.42. The summed E-state index contributed by atoms with van der Waals surface area (Å²) in [5, 5.41) is 0. The Labute approximate surface area is 153 Å². The fraction of sp³-hybridized carbons (Fsp3) is 0.211. The summed E-state index contributed by atoms with van der Waals surface area (Å²) in [5.74, 6) is -0.290. The molecule has 26 heavy (non-hydrogen) atoms. The summed E-state index contributed by atoms with van der Waals surface area (Å²) in [6.07, 6.45) is 0. The van der Waals surface area contributed by atoms with Crippen molar-refractivity contribution in [3.63, 3.8) is 0 Å². The number of sulfonamides is 1. The summed E-state index contributed by atoms with van der Waals surface area (Å²) in [7, 11) is -1.24. The van der Waals surface area contributed by atoms with Crippen molar-refractivity contribution < 1.29 is 22.7 Å². The number of methoxy groups -OCH3 is 2. The van der Waals surface area contributed by atoms with Crippen LogP contribution in [0.3, 0.4) is 0 Å². The van der Waals surface area contributed by atoms with Crippen molar-refractivity contribution in [1.82, 2.24) is 4.72 Å². The third-order valence-electron chi connectivity index (χ3n) is 3.85. The van der Waals surface area contributed by atoms with Crippen molar-refractivity contribution in [1.29, 1.82) is 0 Å². The zero-order chi connectivity index (χ0) is 19.3. The van der Waals surface area contributed by atoms with Crippen molar-refractivity contribution in [3.8, 4) is 5.75 Å². The largest absolute Gasteiger partial charge is 0.496 e. The van der Waals surface area contributed by atoms with Gasteiger partial charge in [0, 0.05) is 5.56 Å². The van der Waals surface area contributed by atoms with E-state index in [2.05, 4.69) is 11.3 Å². The number of para-hydroxylation sites is 1. The van der Waals surface area contributed by atoms with Crippen molar-refractivity contribution in [2.24, 2.45) is 0 Å². The lowest BCUT2D eigenvalue weighted by Gasteiger charge is -2.22. The number of rotatable bonds is 7. The summed E-state index contributed by atoms with van der Waals surface area (Å²) >= 11 is 0. The van der Waals surface area contributed by atoms with E-state index in [1.807, 2.05) is 6.92 Å². The summed E-state index contributed by atoms with van der Waals surface area (Å²) in [5.41, 5.74) is 1.35. The monoisotopic (exact) mass is 375 g/mol. The molecular formula is C19H21NO5S. The molecule has 7 heteroatoms. The van der Waals surface area contributed by atoms with E-state index in [1.165, 1.54) is 26.4 Å². The van der Waals surface area contributed by atoms with Gasteiger partial charge in [-0.15, -0.1) is 0 Å². The van der Waals surface area contributed by atoms with Crippen LogP contribution in [0.4, 0.5) is 0 Å². The van der Waals surface area contributed by atoms with Gasteiger partial charge in [0.25, 0.3) is 0 Å². The second-order valence-electron chi connectivity index (χ2n) is 5.63. The number of ether oxygens (including phenoxy) is 2. The molecule has 138 valence electrons. The summed E-state index contributed by atoms with van der Waals surface area (Å²) in [6, 6.07) is 12.1. The predicted octanol–water partition coefficient (Wildman–Crippen LogP) is 2.75. The van der Waals surface area contributed by atoms with Gasteiger partial charge in [-0.1, -0.05) is 42.5 Å². The minimum Gasteiger partial charge on any atom is -0.496 e. The molecule has 0 spiro atoms. The van der Waals surface area contributed by atoms with Crippen LogP contribution in [-0.2, 0) is 19.6 Å². The highest BCUT2D eigenvalue weighted by Crippen LogP contribution is 2.31. The van der Waals surface area contributed by atoms with Gasteiger partial charge in [-0.3, -0.25) is 0 Å². The quantitative estimate of drug-likeness (QED) is 0.594. The Kier molecular flexibility index (Phi) is 6.18. The zero-order valence-electron chi connectivity index (χ0n) is 14.9. The first-order valence-corrected chi connectivity index (χ1v) is 9.27. The van der Waals surface area contributed by atoms with Gasteiger partial charge in [-0.25, -0.2) is 13.2 Å². The lowest BCUT2D eigenvalue weighted by Crippen LogP contribution is -2.32. The molecule has 1 atom stereocenters. The number of nitrogens with one attached hydrogen (secondary N) is 1. The topological polar surface area (TPSA) is 81.7 Å². The van der Waals surface area contributed by atoms with Gasteiger partial charge in [0.05, 0.1) is 30.7 Å². The van der Waals surface area contributed by atoms with Crippen molar-refractivity contribution in [2.45, 2.75) is 17.9 Å². The maximum atomic E-state index is 12.8. The van der Waals surface area contributed by atoms with Crippen molar-refractivity contribution in [3.05, 3.63) is 71.8 Å². The van der Waals surface area contributed by atoms with E-state index in [4.69, 9.17) is 9.47 Å². The van der Waals surface area contributed by atoms with Gasteiger partial charge in [0.2, 0.25) is 10.0 Å². The van der Waals surface area contributed by atoms with Crippen molar-refractivity contribution in [2.75, 3.05) is 14.2 Å². The van der Waals surface area contributed by atoms with E-state index in [-0.39, 0.29) is 10.5 Å². The number of carbonyl (C=O) groups excluding carboxylic acids is 1. The molecule has 0 aromatic heterocycles. The average Bonchev–Trinajstić information content (AvgIpc) is 2.65. The number of aryl methyl sites for hydroxylation is 1. The first kappa shape index (κ1) is 19.7. The summed E-state index contributed by atoms with van der Waals surface area (Å²) in [6.45, 7) is 5.57. The number of carbonyl (C=O) groups is 1. The SMILES string of the molecule is C=C(C(=O)OC)C(NS(=O)(=O)c1ccc(C)cc1)c1ccccc1OC. The molecule has 0 aliphatic rings. The zero-order valence-corrected chi connectivity index (χ0v) is 15.7. The van der Waals surface area contributed by atoms with Gasteiger partial charge >= 0.3 is 5.97 Å². The minimum atomic E-state index is -3.91. The number of benzene rings is 2. The Morgan fingerprint density at radius 1 is 1.08 bits per heavy atom. The van der Waals surface area contributed by atoms with E-state index in [9.17, 15) is 13.2 Å². The van der Waals surface area contributed by atoms with Gasteiger partial charge in [-0.2, -0.15) is 4.72 Å². The molecule has 1 N–H and O–H groups in total. The molecule has 0 saturated carbocycles. The third-order valence-corrected chi connectivity index (χ3v) is 5.29. The van der Waals surface area contributed by atoms with Crippen LogP contribution >= 0.6 is 0 Å². The van der Waals surface area contributed by atoms with Crippen LogP contribution in [0, 0.1) is 6.92 Å². The molecule has 0 amide bonds. The third kappa shape index (κ3) is 4.30. The highest BCUT2D eigenvalue weighted by Gasteiger charge is 2.29. The molecule has 1 unspecified atom stereocenters. The molecule has 0 saturated heterocycles. The Morgan fingerprint density at radius 3 is 2.27 bits per heavy atom.